The number of rotatable bonds is 2. The van der Waals surface area contributed by atoms with Crippen molar-refractivity contribution >= 4 is 11.5 Å². The van der Waals surface area contributed by atoms with Crippen LogP contribution in [0.25, 0.3) is 0 Å². The third-order valence-corrected chi connectivity index (χ3v) is 2.67. The second-order valence-corrected chi connectivity index (χ2v) is 3.75. The molecule has 2 rings (SSSR count). The predicted octanol–water partition coefficient (Wildman–Crippen LogP) is 2.45. The van der Waals surface area contributed by atoms with Crippen LogP contribution in [-0.4, -0.2) is 31.4 Å². The van der Waals surface area contributed by atoms with Gasteiger partial charge in [0.15, 0.2) is 0 Å². The zero-order valence-electron chi connectivity index (χ0n) is 9.23. The zero-order chi connectivity index (χ0) is 10.7. The van der Waals surface area contributed by atoms with Gasteiger partial charge in [0.05, 0.1) is 12.8 Å². The van der Waals surface area contributed by atoms with Gasteiger partial charge in [-0.05, 0) is 30.7 Å². The molecule has 0 aliphatic carbocycles. The maximum Gasteiger partial charge on any atom is 0.119 e. The fourth-order valence-corrected chi connectivity index (χ4v) is 1.74. The van der Waals surface area contributed by atoms with Crippen LogP contribution < -0.4 is 4.74 Å². The van der Waals surface area contributed by atoms with E-state index >= 15 is 0 Å². The lowest BCUT2D eigenvalue weighted by molar-refractivity contribution is 0.415. The summed E-state index contributed by atoms with van der Waals surface area (Å²) in [4.78, 5) is 6.81. The van der Waals surface area contributed by atoms with Crippen molar-refractivity contribution in [1.82, 2.24) is 4.90 Å². The third-order valence-electron chi connectivity index (χ3n) is 2.67. The first-order valence-corrected chi connectivity index (χ1v) is 5.22. The summed E-state index contributed by atoms with van der Waals surface area (Å²) in [6, 6.07) is 7.85. The number of hydrogen-bond donors (Lipinski definition) is 0. The van der Waals surface area contributed by atoms with Gasteiger partial charge in [0.25, 0.3) is 0 Å². The van der Waals surface area contributed by atoms with Gasteiger partial charge in [-0.3, -0.25) is 0 Å². The molecule has 0 amide bonds. The molecule has 0 spiro atoms. The highest BCUT2D eigenvalue weighted by molar-refractivity contribution is 5.86. The normalized spacial score (nSPS) is 18.5. The van der Waals surface area contributed by atoms with E-state index in [-0.39, 0.29) is 0 Å². The van der Waals surface area contributed by atoms with Crippen LogP contribution in [0.3, 0.4) is 0 Å². The van der Waals surface area contributed by atoms with Crippen LogP contribution in [0.15, 0.2) is 29.3 Å². The van der Waals surface area contributed by atoms with Gasteiger partial charge in [-0.2, -0.15) is 0 Å². The van der Waals surface area contributed by atoms with E-state index in [1.807, 2.05) is 24.3 Å². The number of benzene rings is 1. The Balaban J connectivity index is 2.16. The molecule has 80 valence electrons. The summed E-state index contributed by atoms with van der Waals surface area (Å²) in [5.74, 6) is 2.05. The Morgan fingerprint density at radius 3 is 2.53 bits per heavy atom. The van der Waals surface area contributed by atoms with E-state index in [9.17, 15) is 0 Å². The Kier molecular flexibility index (Phi) is 2.90. The maximum absolute atomic E-state index is 5.10. The van der Waals surface area contributed by atoms with Crippen molar-refractivity contribution in [2.75, 3.05) is 20.7 Å². The summed E-state index contributed by atoms with van der Waals surface area (Å²) in [5, 5.41) is 0. The van der Waals surface area contributed by atoms with Gasteiger partial charge in [-0.25, -0.2) is 4.99 Å². The number of ether oxygens (including phenoxy) is 1. The monoisotopic (exact) mass is 204 g/mol. The summed E-state index contributed by atoms with van der Waals surface area (Å²) >= 11 is 0. The number of amidine groups is 1. The molecule has 1 aromatic rings. The highest BCUT2D eigenvalue weighted by atomic mass is 16.5. The fraction of sp³-hybridized carbons (Fsp3) is 0.417. The highest BCUT2D eigenvalue weighted by Crippen LogP contribution is 2.20. The van der Waals surface area contributed by atoms with E-state index in [1.165, 1.54) is 12.3 Å². The Morgan fingerprint density at radius 1 is 1.27 bits per heavy atom. The van der Waals surface area contributed by atoms with E-state index in [0.717, 1.165) is 24.4 Å². The Bertz CT molecular complexity index is 356. The Labute approximate surface area is 90.4 Å². The van der Waals surface area contributed by atoms with Crippen molar-refractivity contribution in [1.29, 1.82) is 0 Å². The van der Waals surface area contributed by atoms with E-state index in [0.29, 0.717) is 0 Å². The average Bonchev–Trinajstić information content (AvgIpc) is 2.66. The molecule has 0 N–H and O–H groups in total. The first-order chi connectivity index (χ1) is 7.29. The molecular formula is C12H16N2O. The molecule has 15 heavy (non-hydrogen) atoms. The molecule has 1 aliphatic rings. The molecule has 0 saturated carbocycles. The van der Waals surface area contributed by atoms with E-state index in [2.05, 4.69) is 16.9 Å². The molecule has 3 nitrogen and oxygen atoms in total. The number of nitrogens with zero attached hydrogens (tertiary/aromatic N) is 2. The molecule has 1 saturated heterocycles. The van der Waals surface area contributed by atoms with Gasteiger partial charge in [0.1, 0.15) is 11.6 Å². The van der Waals surface area contributed by atoms with Gasteiger partial charge in [0.2, 0.25) is 0 Å². The summed E-state index contributed by atoms with van der Waals surface area (Å²) in [6.45, 7) is 1.12. The van der Waals surface area contributed by atoms with Crippen molar-refractivity contribution in [3.05, 3.63) is 24.3 Å². The first-order valence-electron chi connectivity index (χ1n) is 5.22. The lowest BCUT2D eigenvalue weighted by Gasteiger charge is -2.10. The van der Waals surface area contributed by atoms with Gasteiger partial charge >= 0.3 is 0 Å². The zero-order valence-corrected chi connectivity index (χ0v) is 9.23. The van der Waals surface area contributed by atoms with Crippen LogP contribution in [0.2, 0.25) is 0 Å². The molecule has 0 bridgehead atoms. The second-order valence-electron chi connectivity index (χ2n) is 3.75. The average molecular weight is 204 g/mol. The van der Waals surface area contributed by atoms with E-state index in [1.54, 1.807) is 7.11 Å². The van der Waals surface area contributed by atoms with Crippen LogP contribution in [0.1, 0.15) is 12.8 Å². The number of likely N-dealkylation sites (tertiary alicyclic amines) is 1. The Morgan fingerprint density at radius 2 is 2.00 bits per heavy atom. The van der Waals surface area contributed by atoms with Crippen LogP contribution in [-0.2, 0) is 0 Å². The molecule has 3 heteroatoms. The summed E-state index contributed by atoms with van der Waals surface area (Å²) in [7, 11) is 3.76. The minimum Gasteiger partial charge on any atom is -0.497 e. The number of hydrogen-bond acceptors (Lipinski definition) is 2. The van der Waals surface area contributed by atoms with Crippen molar-refractivity contribution < 1.29 is 4.74 Å². The van der Waals surface area contributed by atoms with Crippen LogP contribution in [0, 0.1) is 0 Å². The predicted molar refractivity (Wildman–Crippen MR) is 62.0 cm³/mol. The molecule has 0 atom stereocenters. The first kappa shape index (κ1) is 10.0. The summed E-state index contributed by atoms with van der Waals surface area (Å²) in [5.41, 5.74) is 1.000. The smallest absolute Gasteiger partial charge is 0.119 e. The minimum atomic E-state index is 0.874. The summed E-state index contributed by atoms with van der Waals surface area (Å²) < 4.78 is 5.10. The topological polar surface area (TPSA) is 24.8 Å². The van der Waals surface area contributed by atoms with Crippen molar-refractivity contribution in [2.45, 2.75) is 12.8 Å². The number of methoxy groups -OCH3 is 1. The molecular weight excluding hydrogens is 188 g/mol. The van der Waals surface area contributed by atoms with Crippen LogP contribution in [0.4, 0.5) is 5.69 Å². The Hall–Kier alpha value is -1.51. The van der Waals surface area contributed by atoms with Crippen LogP contribution >= 0.6 is 0 Å². The van der Waals surface area contributed by atoms with Gasteiger partial charge in [-0.1, -0.05) is 0 Å². The van der Waals surface area contributed by atoms with Gasteiger partial charge in [-0.15, -0.1) is 0 Å². The minimum absolute atomic E-state index is 0.874. The SMILES string of the molecule is COc1ccc(N=C2CCCN2C)cc1. The van der Waals surface area contributed by atoms with Crippen molar-refractivity contribution in [2.24, 2.45) is 4.99 Å². The van der Waals surface area contributed by atoms with Gasteiger partial charge < -0.3 is 9.64 Å². The fourth-order valence-electron chi connectivity index (χ4n) is 1.74. The molecule has 1 fully saturated rings. The molecule has 1 heterocycles. The standard InChI is InChI=1S/C12H16N2O/c1-14-9-3-4-12(14)13-10-5-7-11(15-2)8-6-10/h5-8H,3-4,9H2,1-2H3. The largest absolute Gasteiger partial charge is 0.497 e. The van der Waals surface area contributed by atoms with E-state index in [4.69, 9.17) is 4.74 Å². The van der Waals surface area contributed by atoms with E-state index < -0.39 is 0 Å². The summed E-state index contributed by atoms with van der Waals surface area (Å²) in [6.07, 6.45) is 2.30. The highest BCUT2D eigenvalue weighted by Gasteiger charge is 2.13. The van der Waals surface area contributed by atoms with Crippen molar-refractivity contribution in [3.8, 4) is 5.75 Å². The molecule has 1 aliphatic heterocycles. The maximum atomic E-state index is 5.10. The second kappa shape index (κ2) is 4.34. The number of aliphatic imine (C=N–C) groups is 1. The van der Waals surface area contributed by atoms with Crippen molar-refractivity contribution in [3.63, 3.8) is 0 Å². The van der Waals surface area contributed by atoms with Gasteiger partial charge in [0, 0.05) is 20.0 Å². The quantitative estimate of drug-likeness (QED) is 0.739. The lowest BCUT2D eigenvalue weighted by atomic mass is 10.3. The molecule has 1 aromatic carbocycles. The molecule has 0 aromatic heterocycles. The van der Waals surface area contributed by atoms with Crippen LogP contribution in [0.5, 0.6) is 5.75 Å². The lowest BCUT2D eigenvalue weighted by Crippen LogP contribution is -2.18. The molecule has 0 radical (unpaired) electrons. The third kappa shape index (κ3) is 2.29. The molecule has 0 unspecified atom stereocenters.